The van der Waals surface area contributed by atoms with E-state index in [4.69, 9.17) is 4.52 Å². The summed E-state index contributed by atoms with van der Waals surface area (Å²) in [7, 11) is 3.76. The lowest BCUT2D eigenvalue weighted by Crippen LogP contribution is -2.07. The zero-order chi connectivity index (χ0) is 20.2. The third-order valence-electron chi connectivity index (χ3n) is 4.06. The standard InChI is InChI=1S/C20H18FN7O/c1-27(2)13-24-15-10-22-20(23-11-15)18-9-19(17-7-8-29-26-17)28(25-18)12-14-5-3-4-6-16(14)21/h3-11,13H,12H2,1-2H3. The van der Waals surface area contributed by atoms with E-state index >= 15 is 0 Å². The first kappa shape index (κ1) is 18.5. The van der Waals surface area contributed by atoms with Crippen molar-refractivity contribution in [1.29, 1.82) is 0 Å². The van der Waals surface area contributed by atoms with Gasteiger partial charge in [0.15, 0.2) is 5.82 Å². The molecule has 1 aromatic carbocycles. The van der Waals surface area contributed by atoms with E-state index in [9.17, 15) is 4.39 Å². The van der Waals surface area contributed by atoms with Crippen LogP contribution >= 0.6 is 0 Å². The van der Waals surface area contributed by atoms with Crippen molar-refractivity contribution in [2.24, 2.45) is 4.99 Å². The number of nitrogens with zero attached hydrogens (tertiary/aromatic N) is 7. The van der Waals surface area contributed by atoms with E-state index in [1.165, 1.54) is 12.3 Å². The molecule has 0 radical (unpaired) electrons. The molecule has 0 bridgehead atoms. The SMILES string of the molecule is CN(C)C=Nc1cnc(-c2cc(-c3ccon3)n(Cc3ccccc3F)n2)nc1. The summed E-state index contributed by atoms with van der Waals surface area (Å²) in [6.07, 6.45) is 6.38. The Morgan fingerprint density at radius 1 is 1.14 bits per heavy atom. The van der Waals surface area contributed by atoms with E-state index in [1.807, 2.05) is 19.0 Å². The molecule has 0 saturated heterocycles. The second kappa shape index (κ2) is 8.01. The van der Waals surface area contributed by atoms with E-state index in [-0.39, 0.29) is 12.4 Å². The highest BCUT2D eigenvalue weighted by molar-refractivity contribution is 5.63. The zero-order valence-electron chi connectivity index (χ0n) is 15.9. The summed E-state index contributed by atoms with van der Waals surface area (Å²) in [5.74, 6) is 0.140. The third kappa shape index (κ3) is 4.18. The van der Waals surface area contributed by atoms with Crippen molar-refractivity contribution in [3.63, 3.8) is 0 Å². The van der Waals surface area contributed by atoms with E-state index in [1.54, 1.807) is 53.7 Å². The Morgan fingerprint density at radius 3 is 2.62 bits per heavy atom. The van der Waals surface area contributed by atoms with Gasteiger partial charge >= 0.3 is 0 Å². The number of rotatable bonds is 6. The number of hydrogen-bond acceptors (Lipinski definition) is 6. The molecule has 0 aliphatic carbocycles. The fourth-order valence-corrected chi connectivity index (χ4v) is 2.69. The summed E-state index contributed by atoms with van der Waals surface area (Å²) in [5, 5.41) is 8.55. The molecule has 3 heterocycles. The van der Waals surface area contributed by atoms with Crippen LogP contribution in [0, 0.1) is 5.82 Å². The molecule has 8 nitrogen and oxygen atoms in total. The molecule has 4 rings (SSSR count). The van der Waals surface area contributed by atoms with Crippen molar-refractivity contribution < 1.29 is 8.91 Å². The maximum absolute atomic E-state index is 14.1. The first-order valence-electron chi connectivity index (χ1n) is 8.85. The van der Waals surface area contributed by atoms with Crippen molar-refractivity contribution in [3.8, 4) is 22.9 Å². The number of halogens is 1. The van der Waals surface area contributed by atoms with Gasteiger partial charge in [0.2, 0.25) is 0 Å². The Balaban J connectivity index is 1.69. The summed E-state index contributed by atoms with van der Waals surface area (Å²) < 4.78 is 20.8. The molecule has 146 valence electrons. The second-order valence-electron chi connectivity index (χ2n) is 6.52. The Kier molecular flexibility index (Phi) is 5.10. The van der Waals surface area contributed by atoms with Crippen LogP contribution in [-0.4, -0.2) is 50.2 Å². The van der Waals surface area contributed by atoms with Crippen LogP contribution in [0.25, 0.3) is 22.9 Å². The molecule has 0 N–H and O–H groups in total. The minimum absolute atomic E-state index is 0.236. The van der Waals surface area contributed by atoms with Crippen LogP contribution in [0.5, 0.6) is 0 Å². The van der Waals surface area contributed by atoms with Crippen molar-refractivity contribution in [2.45, 2.75) is 6.54 Å². The van der Waals surface area contributed by atoms with Gasteiger partial charge in [0.25, 0.3) is 0 Å². The highest BCUT2D eigenvalue weighted by Gasteiger charge is 2.16. The maximum Gasteiger partial charge on any atom is 0.180 e. The molecule has 3 aromatic heterocycles. The molecule has 0 fully saturated rings. The van der Waals surface area contributed by atoms with Gasteiger partial charge in [0.1, 0.15) is 29.2 Å². The monoisotopic (exact) mass is 391 g/mol. The molecule has 0 saturated carbocycles. The van der Waals surface area contributed by atoms with Gasteiger partial charge in [-0.2, -0.15) is 5.10 Å². The Hall–Kier alpha value is -3.88. The fourth-order valence-electron chi connectivity index (χ4n) is 2.69. The normalized spacial score (nSPS) is 11.3. The minimum atomic E-state index is -0.296. The van der Waals surface area contributed by atoms with Crippen LogP contribution in [0.4, 0.5) is 10.1 Å². The van der Waals surface area contributed by atoms with E-state index in [0.717, 1.165) is 0 Å². The van der Waals surface area contributed by atoms with Crippen molar-refractivity contribution >= 4 is 12.0 Å². The van der Waals surface area contributed by atoms with Gasteiger partial charge in [-0.15, -0.1) is 0 Å². The Bertz CT molecular complexity index is 1120. The number of hydrogen-bond donors (Lipinski definition) is 0. The predicted octanol–water partition coefficient (Wildman–Crippen LogP) is 3.40. The minimum Gasteiger partial charge on any atom is -0.369 e. The quantitative estimate of drug-likeness (QED) is 0.370. The topological polar surface area (TPSA) is 85.2 Å². The maximum atomic E-state index is 14.1. The molecular formula is C20H18FN7O. The summed E-state index contributed by atoms with van der Waals surface area (Å²) >= 11 is 0. The van der Waals surface area contributed by atoms with Crippen molar-refractivity contribution in [2.75, 3.05) is 14.1 Å². The molecule has 0 aliphatic rings. The third-order valence-corrected chi connectivity index (χ3v) is 4.06. The van der Waals surface area contributed by atoms with Crippen molar-refractivity contribution in [3.05, 3.63) is 66.4 Å². The highest BCUT2D eigenvalue weighted by Crippen LogP contribution is 2.25. The van der Waals surface area contributed by atoms with Gasteiger partial charge in [-0.1, -0.05) is 23.4 Å². The first-order valence-corrected chi connectivity index (χ1v) is 8.85. The lowest BCUT2D eigenvalue weighted by atomic mass is 10.2. The van der Waals surface area contributed by atoms with Crippen LogP contribution in [0.1, 0.15) is 5.56 Å². The van der Waals surface area contributed by atoms with Crippen LogP contribution < -0.4 is 0 Å². The van der Waals surface area contributed by atoms with Gasteiger partial charge in [-0.05, 0) is 12.1 Å². The Labute approximate surface area is 166 Å². The molecule has 0 spiro atoms. The molecule has 4 aromatic rings. The van der Waals surface area contributed by atoms with Gasteiger partial charge in [-0.25, -0.2) is 19.4 Å². The first-order chi connectivity index (χ1) is 14.1. The van der Waals surface area contributed by atoms with E-state index in [0.29, 0.717) is 34.2 Å². The van der Waals surface area contributed by atoms with Gasteiger partial charge in [0, 0.05) is 25.7 Å². The van der Waals surface area contributed by atoms with Gasteiger partial charge in [-0.3, -0.25) is 4.68 Å². The molecular weight excluding hydrogens is 373 g/mol. The predicted molar refractivity (Wildman–Crippen MR) is 106 cm³/mol. The molecule has 0 aliphatic heterocycles. The summed E-state index contributed by atoms with van der Waals surface area (Å²) in [6, 6.07) is 10.1. The summed E-state index contributed by atoms with van der Waals surface area (Å²) in [4.78, 5) is 14.8. The Morgan fingerprint density at radius 2 is 1.93 bits per heavy atom. The molecule has 0 atom stereocenters. The lowest BCUT2D eigenvalue weighted by Gasteiger charge is -2.06. The van der Waals surface area contributed by atoms with Crippen molar-refractivity contribution in [1.82, 2.24) is 29.8 Å². The number of benzene rings is 1. The number of aliphatic imine (C=N–C) groups is 1. The zero-order valence-corrected chi connectivity index (χ0v) is 15.9. The second-order valence-corrected chi connectivity index (χ2v) is 6.52. The van der Waals surface area contributed by atoms with E-state index in [2.05, 4.69) is 25.2 Å². The lowest BCUT2D eigenvalue weighted by molar-refractivity contribution is 0.421. The highest BCUT2D eigenvalue weighted by atomic mass is 19.1. The smallest absolute Gasteiger partial charge is 0.180 e. The number of aromatic nitrogens is 5. The van der Waals surface area contributed by atoms with E-state index < -0.39 is 0 Å². The van der Waals surface area contributed by atoms with Crippen LogP contribution in [0.15, 0.2) is 64.6 Å². The van der Waals surface area contributed by atoms with Gasteiger partial charge in [0.05, 0.1) is 31.0 Å². The summed E-state index contributed by atoms with van der Waals surface area (Å²) in [5.41, 5.74) is 2.95. The average Bonchev–Trinajstić information content (AvgIpc) is 3.38. The largest absolute Gasteiger partial charge is 0.369 e. The fraction of sp³-hybridized carbons (Fsp3) is 0.150. The van der Waals surface area contributed by atoms with Crippen LogP contribution in [-0.2, 0) is 6.54 Å². The molecule has 29 heavy (non-hydrogen) atoms. The average molecular weight is 391 g/mol. The summed E-state index contributed by atoms with van der Waals surface area (Å²) in [6.45, 7) is 0.236. The van der Waals surface area contributed by atoms with Crippen LogP contribution in [0.2, 0.25) is 0 Å². The molecule has 0 amide bonds. The van der Waals surface area contributed by atoms with Gasteiger partial charge < -0.3 is 9.42 Å². The molecule has 0 unspecified atom stereocenters. The molecule has 9 heteroatoms. The van der Waals surface area contributed by atoms with Crippen LogP contribution in [0.3, 0.4) is 0 Å².